The van der Waals surface area contributed by atoms with E-state index in [1.54, 1.807) is 0 Å². The zero-order valence-electron chi connectivity index (χ0n) is 14.7. The van der Waals surface area contributed by atoms with Crippen LogP contribution in [0.15, 0.2) is 0 Å². The molecule has 0 bridgehead atoms. The van der Waals surface area contributed by atoms with Crippen molar-refractivity contribution in [3.05, 3.63) is 0 Å². The van der Waals surface area contributed by atoms with Gasteiger partial charge in [-0.15, -0.1) is 0 Å². The van der Waals surface area contributed by atoms with Gasteiger partial charge in [0.05, 0.1) is 5.92 Å². The summed E-state index contributed by atoms with van der Waals surface area (Å²) in [6.07, 6.45) is 1.84. The first kappa shape index (κ1) is 19.5. The fourth-order valence-electron chi connectivity index (χ4n) is 2.94. The maximum Gasteiger partial charge on any atom is 0.308 e. The molecule has 6 heteroatoms. The van der Waals surface area contributed by atoms with E-state index in [1.165, 1.54) is 0 Å². The van der Waals surface area contributed by atoms with Gasteiger partial charge in [-0.2, -0.15) is 0 Å². The lowest BCUT2D eigenvalue weighted by atomic mass is 9.94. The quantitative estimate of drug-likeness (QED) is 0.746. The monoisotopic (exact) mass is 326 g/mol. The normalized spacial score (nSPS) is 17.4. The molecule has 1 unspecified atom stereocenters. The predicted molar refractivity (Wildman–Crippen MR) is 87.7 cm³/mol. The van der Waals surface area contributed by atoms with Crippen LogP contribution in [0.2, 0.25) is 0 Å². The third-order valence-electron chi connectivity index (χ3n) is 4.30. The van der Waals surface area contributed by atoms with Crippen LogP contribution in [-0.2, 0) is 14.4 Å². The van der Waals surface area contributed by atoms with Crippen molar-refractivity contribution in [1.82, 2.24) is 10.2 Å². The molecule has 0 aromatic rings. The van der Waals surface area contributed by atoms with E-state index in [1.807, 2.05) is 32.6 Å². The van der Waals surface area contributed by atoms with Gasteiger partial charge in [0.25, 0.3) is 0 Å². The standard InChI is InChI=1S/C17H30N2O4/c1-11(2)9-14(17(22)23)10-18-15(20)13-5-7-19(8-6-13)16(21)12(3)4/h11-14H,5-10H2,1-4H3,(H,18,20)(H,22,23). The average Bonchev–Trinajstić information content (AvgIpc) is 2.49. The Labute approximate surface area is 138 Å². The molecule has 1 aliphatic heterocycles. The fraction of sp³-hybridized carbons (Fsp3) is 0.824. The number of nitrogens with zero attached hydrogens (tertiary/aromatic N) is 1. The Balaban J connectivity index is 2.42. The molecule has 0 aromatic carbocycles. The highest BCUT2D eigenvalue weighted by Crippen LogP contribution is 2.19. The maximum absolute atomic E-state index is 12.2. The summed E-state index contributed by atoms with van der Waals surface area (Å²) in [6.45, 7) is 9.08. The molecule has 23 heavy (non-hydrogen) atoms. The first-order valence-corrected chi connectivity index (χ1v) is 8.51. The molecule has 2 amide bonds. The van der Waals surface area contributed by atoms with E-state index in [0.717, 1.165) is 0 Å². The van der Waals surface area contributed by atoms with Crippen LogP contribution in [0.4, 0.5) is 0 Å². The number of hydrogen-bond donors (Lipinski definition) is 2. The lowest BCUT2D eigenvalue weighted by molar-refractivity contribution is -0.143. The van der Waals surface area contributed by atoms with Gasteiger partial charge in [0.1, 0.15) is 0 Å². The minimum absolute atomic E-state index is 0.0206. The molecule has 2 N–H and O–H groups in total. The second-order valence-electron chi connectivity index (χ2n) is 7.16. The summed E-state index contributed by atoms with van der Waals surface area (Å²) in [5.74, 6) is -1.23. The largest absolute Gasteiger partial charge is 0.481 e. The smallest absolute Gasteiger partial charge is 0.308 e. The van der Waals surface area contributed by atoms with Crippen LogP contribution in [-0.4, -0.2) is 47.4 Å². The highest BCUT2D eigenvalue weighted by Gasteiger charge is 2.29. The summed E-state index contributed by atoms with van der Waals surface area (Å²) in [5.41, 5.74) is 0. The first-order chi connectivity index (χ1) is 10.7. The van der Waals surface area contributed by atoms with E-state index in [9.17, 15) is 19.5 Å². The van der Waals surface area contributed by atoms with E-state index in [-0.39, 0.29) is 36.1 Å². The zero-order chi connectivity index (χ0) is 17.6. The molecule has 1 aliphatic rings. The van der Waals surface area contributed by atoms with Gasteiger partial charge in [-0.3, -0.25) is 14.4 Å². The van der Waals surface area contributed by atoms with Crippen LogP contribution < -0.4 is 5.32 Å². The Morgan fingerprint density at radius 1 is 1.13 bits per heavy atom. The Kier molecular flexibility index (Phi) is 7.52. The average molecular weight is 326 g/mol. The number of carboxylic acids is 1. The molecule has 6 nitrogen and oxygen atoms in total. The number of rotatable bonds is 7. The van der Waals surface area contributed by atoms with E-state index in [4.69, 9.17) is 0 Å². The summed E-state index contributed by atoms with van der Waals surface area (Å²) in [5, 5.41) is 12.0. The zero-order valence-corrected chi connectivity index (χ0v) is 14.7. The van der Waals surface area contributed by atoms with E-state index >= 15 is 0 Å². The van der Waals surface area contributed by atoms with Crippen LogP contribution in [0.25, 0.3) is 0 Å². The molecule has 1 rings (SSSR count). The number of carboxylic acid groups (broad SMARTS) is 1. The van der Waals surface area contributed by atoms with Crippen molar-refractivity contribution in [1.29, 1.82) is 0 Å². The minimum atomic E-state index is -0.864. The summed E-state index contributed by atoms with van der Waals surface area (Å²) in [7, 11) is 0. The predicted octanol–water partition coefficient (Wildman–Crippen LogP) is 1.74. The lowest BCUT2D eigenvalue weighted by Crippen LogP contribution is -2.45. The van der Waals surface area contributed by atoms with Crippen molar-refractivity contribution in [3.8, 4) is 0 Å². The number of carbonyl (C=O) groups is 3. The summed E-state index contributed by atoms with van der Waals surface area (Å²) >= 11 is 0. The van der Waals surface area contributed by atoms with Crippen LogP contribution in [0.1, 0.15) is 47.0 Å². The number of piperidine rings is 1. The number of likely N-dealkylation sites (tertiary alicyclic amines) is 1. The van der Waals surface area contributed by atoms with Crippen molar-refractivity contribution in [2.75, 3.05) is 19.6 Å². The number of amides is 2. The molecule has 0 spiro atoms. The number of hydrogen-bond acceptors (Lipinski definition) is 3. The molecular weight excluding hydrogens is 296 g/mol. The molecule has 0 radical (unpaired) electrons. The van der Waals surface area contributed by atoms with E-state index in [2.05, 4.69) is 5.32 Å². The van der Waals surface area contributed by atoms with Gasteiger partial charge < -0.3 is 15.3 Å². The molecule has 1 heterocycles. The van der Waals surface area contributed by atoms with Gasteiger partial charge in [0.2, 0.25) is 11.8 Å². The molecule has 1 fully saturated rings. The first-order valence-electron chi connectivity index (χ1n) is 8.51. The summed E-state index contributed by atoms with van der Waals surface area (Å²) in [6, 6.07) is 0. The molecule has 0 aliphatic carbocycles. The Morgan fingerprint density at radius 3 is 2.13 bits per heavy atom. The molecule has 1 saturated heterocycles. The second-order valence-corrected chi connectivity index (χ2v) is 7.16. The lowest BCUT2D eigenvalue weighted by Gasteiger charge is -2.32. The highest BCUT2D eigenvalue weighted by atomic mass is 16.4. The van der Waals surface area contributed by atoms with Gasteiger partial charge in [-0.25, -0.2) is 0 Å². The third kappa shape index (κ3) is 6.20. The highest BCUT2D eigenvalue weighted by molar-refractivity contribution is 5.81. The topological polar surface area (TPSA) is 86.7 Å². The van der Waals surface area contributed by atoms with Crippen molar-refractivity contribution >= 4 is 17.8 Å². The third-order valence-corrected chi connectivity index (χ3v) is 4.30. The van der Waals surface area contributed by atoms with Gasteiger partial charge >= 0.3 is 5.97 Å². The van der Waals surface area contributed by atoms with Crippen molar-refractivity contribution in [3.63, 3.8) is 0 Å². The fourth-order valence-corrected chi connectivity index (χ4v) is 2.94. The van der Waals surface area contributed by atoms with Crippen molar-refractivity contribution in [2.24, 2.45) is 23.7 Å². The molecular formula is C17H30N2O4. The maximum atomic E-state index is 12.2. The molecule has 1 atom stereocenters. The van der Waals surface area contributed by atoms with Crippen molar-refractivity contribution < 1.29 is 19.5 Å². The SMILES string of the molecule is CC(C)CC(CNC(=O)C1CCN(C(=O)C(C)C)CC1)C(=O)O. The number of nitrogens with one attached hydrogen (secondary N) is 1. The van der Waals surface area contributed by atoms with Gasteiger partial charge in [0.15, 0.2) is 0 Å². The Morgan fingerprint density at radius 2 is 1.70 bits per heavy atom. The van der Waals surface area contributed by atoms with E-state index < -0.39 is 11.9 Å². The van der Waals surface area contributed by atoms with E-state index in [0.29, 0.717) is 32.4 Å². The second kappa shape index (κ2) is 8.89. The van der Waals surface area contributed by atoms with Crippen LogP contribution in [0, 0.1) is 23.7 Å². The van der Waals surface area contributed by atoms with Crippen LogP contribution >= 0.6 is 0 Å². The van der Waals surface area contributed by atoms with Gasteiger partial charge in [-0.1, -0.05) is 27.7 Å². The van der Waals surface area contributed by atoms with Crippen LogP contribution in [0.5, 0.6) is 0 Å². The summed E-state index contributed by atoms with van der Waals surface area (Å²) < 4.78 is 0. The summed E-state index contributed by atoms with van der Waals surface area (Å²) in [4.78, 5) is 37.2. The number of aliphatic carboxylic acids is 1. The van der Waals surface area contributed by atoms with Gasteiger partial charge in [-0.05, 0) is 25.2 Å². The minimum Gasteiger partial charge on any atom is -0.481 e. The molecule has 0 aromatic heterocycles. The van der Waals surface area contributed by atoms with Gasteiger partial charge in [0, 0.05) is 31.5 Å². The van der Waals surface area contributed by atoms with Crippen molar-refractivity contribution in [2.45, 2.75) is 47.0 Å². The Bertz CT molecular complexity index is 426. The number of carbonyl (C=O) groups excluding carboxylic acids is 2. The molecule has 0 saturated carbocycles. The Hall–Kier alpha value is -1.59. The molecule has 132 valence electrons. The van der Waals surface area contributed by atoms with Crippen LogP contribution in [0.3, 0.4) is 0 Å².